The summed E-state index contributed by atoms with van der Waals surface area (Å²) in [6.45, 7) is 1.11. The molecule has 0 spiro atoms. The molecule has 1 aliphatic rings. The number of amides is 2. The zero-order valence-corrected chi connectivity index (χ0v) is 11.0. The van der Waals surface area contributed by atoms with Gasteiger partial charge in [0.05, 0.1) is 5.92 Å². The summed E-state index contributed by atoms with van der Waals surface area (Å²) >= 11 is 0. The van der Waals surface area contributed by atoms with Crippen molar-refractivity contribution in [3.63, 3.8) is 0 Å². The molecular formula is C14H17FN2O3. The SMILES string of the molecule is O=C(O)C1CCN(C(=O)NCCc2cccc(F)c2)C1. The van der Waals surface area contributed by atoms with Gasteiger partial charge in [0.15, 0.2) is 0 Å². The highest BCUT2D eigenvalue weighted by molar-refractivity contribution is 5.77. The van der Waals surface area contributed by atoms with Gasteiger partial charge in [-0.3, -0.25) is 4.79 Å². The van der Waals surface area contributed by atoms with Gasteiger partial charge in [0, 0.05) is 19.6 Å². The lowest BCUT2D eigenvalue weighted by Gasteiger charge is -2.16. The topological polar surface area (TPSA) is 69.6 Å². The summed E-state index contributed by atoms with van der Waals surface area (Å²) < 4.78 is 13.0. The Labute approximate surface area is 116 Å². The summed E-state index contributed by atoms with van der Waals surface area (Å²) in [7, 11) is 0. The molecule has 1 fully saturated rings. The van der Waals surface area contributed by atoms with Gasteiger partial charge >= 0.3 is 12.0 Å². The van der Waals surface area contributed by atoms with E-state index in [1.165, 1.54) is 17.0 Å². The number of likely N-dealkylation sites (tertiary alicyclic amines) is 1. The van der Waals surface area contributed by atoms with Crippen molar-refractivity contribution in [2.24, 2.45) is 5.92 Å². The molecule has 1 aromatic rings. The summed E-state index contributed by atoms with van der Waals surface area (Å²) in [5.41, 5.74) is 0.815. The number of hydrogen-bond donors (Lipinski definition) is 2. The van der Waals surface area contributed by atoms with E-state index in [0.717, 1.165) is 5.56 Å². The monoisotopic (exact) mass is 280 g/mol. The molecule has 1 saturated heterocycles. The van der Waals surface area contributed by atoms with Gasteiger partial charge in [-0.15, -0.1) is 0 Å². The normalized spacial score (nSPS) is 18.1. The van der Waals surface area contributed by atoms with Crippen LogP contribution in [-0.4, -0.2) is 41.6 Å². The van der Waals surface area contributed by atoms with E-state index in [9.17, 15) is 14.0 Å². The first kappa shape index (κ1) is 14.3. The third-order valence-corrected chi connectivity index (χ3v) is 3.40. The van der Waals surface area contributed by atoms with Crippen molar-refractivity contribution in [2.45, 2.75) is 12.8 Å². The van der Waals surface area contributed by atoms with Gasteiger partial charge in [0.25, 0.3) is 0 Å². The Balaban J connectivity index is 1.75. The van der Waals surface area contributed by atoms with Crippen LogP contribution >= 0.6 is 0 Å². The summed E-state index contributed by atoms with van der Waals surface area (Å²) in [6, 6.07) is 5.97. The third kappa shape index (κ3) is 3.69. The molecule has 0 aromatic heterocycles. The third-order valence-electron chi connectivity index (χ3n) is 3.40. The maximum Gasteiger partial charge on any atom is 0.317 e. The van der Waals surface area contributed by atoms with Gasteiger partial charge in [-0.25, -0.2) is 9.18 Å². The van der Waals surface area contributed by atoms with Crippen LogP contribution in [0, 0.1) is 11.7 Å². The first-order valence-electron chi connectivity index (χ1n) is 6.56. The number of hydrogen-bond acceptors (Lipinski definition) is 2. The molecule has 1 atom stereocenters. The highest BCUT2D eigenvalue weighted by Gasteiger charge is 2.30. The summed E-state index contributed by atoms with van der Waals surface area (Å²) in [6.07, 6.45) is 1.03. The number of carboxylic acids is 1. The lowest BCUT2D eigenvalue weighted by Crippen LogP contribution is -2.39. The molecule has 20 heavy (non-hydrogen) atoms. The van der Waals surface area contributed by atoms with Gasteiger partial charge in [0.1, 0.15) is 5.82 Å². The average Bonchev–Trinajstić information content (AvgIpc) is 2.88. The molecule has 2 amide bonds. The number of carboxylic acid groups (broad SMARTS) is 1. The zero-order chi connectivity index (χ0) is 14.5. The maximum absolute atomic E-state index is 13.0. The van der Waals surface area contributed by atoms with Crippen LogP contribution in [0.4, 0.5) is 9.18 Å². The minimum absolute atomic E-state index is 0.251. The Morgan fingerprint density at radius 3 is 2.90 bits per heavy atom. The fourth-order valence-corrected chi connectivity index (χ4v) is 2.26. The van der Waals surface area contributed by atoms with E-state index in [1.54, 1.807) is 12.1 Å². The predicted octanol–water partition coefficient (Wildman–Crippen LogP) is 1.48. The first-order chi connectivity index (χ1) is 9.56. The largest absolute Gasteiger partial charge is 0.481 e. The number of nitrogens with one attached hydrogen (secondary N) is 1. The van der Waals surface area contributed by atoms with E-state index < -0.39 is 11.9 Å². The Morgan fingerprint density at radius 2 is 2.25 bits per heavy atom. The minimum atomic E-state index is -0.861. The number of urea groups is 1. The Kier molecular flexibility index (Phi) is 4.55. The summed E-state index contributed by atoms with van der Waals surface area (Å²) in [5.74, 6) is -1.62. The van der Waals surface area contributed by atoms with E-state index in [4.69, 9.17) is 5.11 Å². The molecule has 1 aliphatic heterocycles. The molecule has 0 radical (unpaired) electrons. The van der Waals surface area contributed by atoms with Gasteiger partial charge < -0.3 is 15.3 Å². The van der Waals surface area contributed by atoms with E-state index in [2.05, 4.69) is 5.32 Å². The van der Waals surface area contributed by atoms with Crippen LogP contribution in [0.2, 0.25) is 0 Å². The van der Waals surface area contributed by atoms with E-state index >= 15 is 0 Å². The molecule has 5 nitrogen and oxygen atoms in total. The van der Waals surface area contributed by atoms with Crippen LogP contribution in [0.1, 0.15) is 12.0 Å². The number of aliphatic carboxylic acids is 1. The van der Waals surface area contributed by atoms with Crippen LogP contribution < -0.4 is 5.32 Å². The number of benzene rings is 1. The highest BCUT2D eigenvalue weighted by atomic mass is 19.1. The molecular weight excluding hydrogens is 263 g/mol. The van der Waals surface area contributed by atoms with Crippen LogP contribution in [0.25, 0.3) is 0 Å². The summed E-state index contributed by atoms with van der Waals surface area (Å²) in [4.78, 5) is 24.1. The zero-order valence-electron chi connectivity index (χ0n) is 11.0. The van der Waals surface area contributed by atoms with E-state index in [-0.39, 0.29) is 18.4 Å². The molecule has 6 heteroatoms. The average molecular weight is 280 g/mol. The van der Waals surface area contributed by atoms with Crippen molar-refractivity contribution < 1.29 is 19.1 Å². The van der Waals surface area contributed by atoms with Crippen LogP contribution in [0.5, 0.6) is 0 Å². The molecule has 108 valence electrons. The van der Waals surface area contributed by atoms with Crippen molar-refractivity contribution in [2.75, 3.05) is 19.6 Å². The summed E-state index contributed by atoms with van der Waals surface area (Å²) in [5, 5.41) is 11.6. The molecule has 1 unspecified atom stereocenters. The van der Waals surface area contributed by atoms with Crippen molar-refractivity contribution >= 4 is 12.0 Å². The van der Waals surface area contributed by atoms with E-state index in [1.807, 2.05) is 0 Å². The van der Waals surface area contributed by atoms with Crippen molar-refractivity contribution in [1.29, 1.82) is 0 Å². The molecule has 0 aliphatic carbocycles. The van der Waals surface area contributed by atoms with Crippen LogP contribution in [0.3, 0.4) is 0 Å². The lowest BCUT2D eigenvalue weighted by molar-refractivity contribution is -0.141. The number of rotatable bonds is 4. The molecule has 0 bridgehead atoms. The van der Waals surface area contributed by atoms with Gasteiger partial charge in [-0.2, -0.15) is 0 Å². The standard InChI is InChI=1S/C14H17FN2O3/c15-12-3-1-2-10(8-12)4-6-16-14(20)17-7-5-11(9-17)13(18)19/h1-3,8,11H,4-7,9H2,(H,16,20)(H,18,19). The Hall–Kier alpha value is -2.11. The van der Waals surface area contributed by atoms with Gasteiger partial charge in [0.2, 0.25) is 0 Å². The maximum atomic E-state index is 13.0. The van der Waals surface area contributed by atoms with Crippen molar-refractivity contribution in [3.8, 4) is 0 Å². The highest BCUT2D eigenvalue weighted by Crippen LogP contribution is 2.16. The predicted molar refractivity (Wildman–Crippen MR) is 70.8 cm³/mol. The smallest absolute Gasteiger partial charge is 0.317 e. The van der Waals surface area contributed by atoms with Gasteiger partial charge in [-0.05, 0) is 30.5 Å². The Bertz CT molecular complexity index is 507. The number of nitrogens with zero attached hydrogens (tertiary/aromatic N) is 1. The van der Waals surface area contributed by atoms with Crippen molar-refractivity contribution in [3.05, 3.63) is 35.6 Å². The number of carbonyl (C=O) groups excluding carboxylic acids is 1. The van der Waals surface area contributed by atoms with Gasteiger partial charge in [-0.1, -0.05) is 12.1 Å². The van der Waals surface area contributed by atoms with E-state index in [0.29, 0.717) is 25.9 Å². The minimum Gasteiger partial charge on any atom is -0.481 e. The molecule has 2 rings (SSSR count). The fourth-order valence-electron chi connectivity index (χ4n) is 2.26. The second-order valence-corrected chi connectivity index (χ2v) is 4.88. The van der Waals surface area contributed by atoms with Crippen LogP contribution in [0.15, 0.2) is 24.3 Å². The molecule has 0 saturated carbocycles. The lowest BCUT2D eigenvalue weighted by atomic mass is 10.1. The second kappa shape index (κ2) is 6.36. The number of halogens is 1. The second-order valence-electron chi connectivity index (χ2n) is 4.88. The molecule has 1 aromatic carbocycles. The molecule has 1 heterocycles. The quantitative estimate of drug-likeness (QED) is 0.877. The fraction of sp³-hybridized carbons (Fsp3) is 0.429. The Morgan fingerprint density at radius 1 is 1.45 bits per heavy atom. The van der Waals surface area contributed by atoms with Crippen LogP contribution in [-0.2, 0) is 11.2 Å². The first-order valence-corrected chi connectivity index (χ1v) is 6.56. The van der Waals surface area contributed by atoms with Crippen molar-refractivity contribution in [1.82, 2.24) is 10.2 Å². The number of carbonyl (C=O) groups is 2. The molecule has 2 N–H and O–H groups in total.